The number of carbonyl (C=O) groups excluding carboxylic acids is 2. The van der Waals surface area contributed by atoms with E-state index in [1.807, 2.05) is 30.3 Å². The van der Waals surface area contributed by atoms with Gasteiger partial charge in [0, 0.05) is 30.6 Å². The summed E-state index contributed by atoms with van der Waals surface area (Å²) in [4.78, 5) is 27.0. The fourth-order valence-electron chi connectivity index (χ4n) is 2.63. The summed E-state index contributed by atoms with van der Waals surface area (Å²) < 4.78 is 5.32. The van der Waals surface area contributed by atoms with Crippen LogP contribution in [0.1, 0.15) is 18.5 Å². The zero-order valence-electron chi connectivity index (χ0n) is 12.7. The number of morpholine rings is 1. The van der Waals surface area contributed by atoms with Gasteiger partial charge in [0.25, 0.3) is 0 Å². The van der Waals surface area contributed by atoms with Gasteiger partial charge in [0.2, 0.25) is 11.8 Å². The third kappa shape index (κ3) is 3.54. The molecule has 6 nitrogen and oxygen atoms in total. The van der Waals surface area contributed by atoms with Crippen LogP contribution in [-0.2, 0) is 14.3 Å². The molecule has 2 aromatic rings. The van der Waals surface area contributed by atoms with Gasteiger partial charge in [-0.3, -0.25) is 14.6 Å². The molecule has 1 aromatic carbocycles. The summed E-state index contributed by atoms with van der Waals surface area (Å²) in [6.07, 6.45) is 3.44. The van der Waals surface area contributed by atoms with Gasteiger partial charge in [0.15, 0.2) is 0 Å². The number of hydrogen-bond acceptors (Lipinski definition) is 4. The number of ether oxygens (including phenoxy) is 1. The maximum atomic E-state index is 11.6. The number of carbonyl (C=O) groups is 2. The Morgan fingerprint density at radius 1 is 1.39 bits per heavy atom. The highest BCUT2D eigenvalue weighted by Crippen LogP contribution is 2.30. The molecule has 1 fully saturated rings. The van der Waals surface area contributed by atoms with Crippen LogP contribution in [0.4, 0.5) is 5.69 Å². The van der Waals surface area contributed by atoms with E-state index in [0.29, 0.717) is 6.61 Å². The number of nitrogens with one attached hydrogen (secondary N) is 2. The smallest absolute Gasteiger partial charge is 0.246 e. The maximum Gasteiger partial charge on any atom is 0.246 e. The van der Waals surface area contributed by atoms with Gasteiger partial charge in [-0.1, -0.05) is 12.1 Å². The van der Waals surface area contributed by atoms with Crippen molar-refractivity contribution in [2.45, 2.75) is 13.0 Å². The number of nitrogens with zero attached hydrogens (tertiary/aromatic N) is 1. The minimum Gasteiger partial charge on any atom is -0.369 e. The Morgan fingerprint density at radius 2 is 2.26 bits per heavy atom. The Labute approximate surface area is 133 Å². The molecule has 6 heteroatoms. The topological polar surface area (TPSA) is 80.3 Å². The molecule has 23 heavy (non-hydrogen) atoms. The SMILES string of the molecule is CC(=O)Nc1cccc(-c2ccncc2C2COCC(=O)N2)c1. The second-order valence-electron chi connectivity index (χ2n) is 5.36. The van der Waals surface area contributed by atoms with E-state index >= 15 is 0 Å². The summed E-state index contributed by atoms with van der Waals surface area (Å²) in [5, 5.41) is 5.69. The fourth-order valence-corrected chi connectivity index (χ4v) is 2.63. The van der Waals surface area contributed by atoms with E-state index < -0.39 is 0 Å². The summed E-state index contributed by atoms with van der Waals surface area (Å²) in [6, 6.07) is 9.21. The molecule has 2 amide bonds. The van der Waals surface area contributed by atoms with Crippen LogP contribution >= 0.6 is 0 Å². The maximum absolute atomic E-state index is 11.6. The number of amides is 2. The molecular weight excluding hydrogens is 294 g/mol. The second kappa shape index (κ2) is 6.58. The average molecular weight is 311 g/mol. The number of anilines is 1. The van der Waals surface area contributed by atoms with Gasteiger partial charge in [-0.15, -0.1) is 0 Å². The molecule has 1 atom stereocenters. The molecule has 118 valence electrons. The Hall–Kier alpha value is -2.73. The molecule has 0 spiro atoms. The zero-order valence-corrected chi connectivity index (χ0v) is 12.7. The Morgan fingerprint density at radius 3 is 3.04 bits per heavy atom. The lowest BCUT2D eigenvalue weighted by Crippen LogP contribution is -2.40. The van der Waals surface area contributed by atoms with Gasteiger partial charge >= 0.3 is 0 Å². The van der Waals surface area contributed by atoms with E-state index in [1.54, 1.807) is 12.4 Å². The largest absolute Gasteiger partial charge is 0.369 e. The minimum absolute atomic E-state index is 0.0874. The van der Waals surface area contributed by atoms with Gasteiger partial charge in [-0.25, -0.2) is 0 Å². The first kappa shape index (κ1) is 15.2. The molecule has 0 bridgehead atoms. The average Bonchev–Trinajstić information content (AvgIpc) is 2.54. The van der Waals surface area contributed by atoms with Crippen LogP contribution in [0.25, 0.3) is 11.1 Å². The minimum atomic E-state index is -0.232. The lowest BCUT2D eigenvalue weighted by Gasteiger charge is -2.25. The van der Waals surface area contributed by atoms with Crippen LogP contribution in [-0.4, -0.2) is 30.0 Å². The van der Waals surface area contributed by atoms with Gasteiger partial charge in [-0.05, 0) is 29.3 Å². The van der Waals surface area contributed by atoms with Gasteiger partial charge in [0.1, 0.15) is 6.61 Å². The lowest BCUT2D eigenvalue weighted by atomic mass is 9.96. The molecule has 1 aliphatic heterocycles. The van der Waals surface area contributed by atoms with Crippen molar-refractivity contribution in [3.05, 3.63) is 48.3 Å². The highest BCUT2D eigenvalue weighted by atomic mass is 16.5. The van der Waals surface area contributed by atoms with E-state index in [2.05, 4.69) is 15.6 Å². The van der Waals surface area contributed by atoms with Crippen LogP contribution in [0.15, 0.2) is 42.7 Å². The van der Waals surface area contributed by atoms with Crippen LogP contribution in [0.3, 0.4) is 0 Å². The van der Waals surface area contributed by atoms with Crippen molar-refractivity contribution >= 4 is 17.5 Å². The standard InChI is InChI=1S/C17H17N3O3/c1-11(21)19-13-4-2-3-12(7-13)14-5-6-18-8-15(14)16-9-23-10-17(22)20-16/h2-8,16H,9-10H2,1H3,(H,19,21)(H,20,22). The molecule has 1 saturated heterocycles. The number of rotatable bonds is 3. The first-order chi connectivity index (χ1) is 11.1. The monoisotopic (exact) mass is 311 g/mol. The Balaban J connectivity index is 1.97. The molecule has 1 unspecified atom stereocenters. The van der Waals surface area contributed by atoms with Gasteiger partial charge in [-0.2, -0.15) is 0 Å². The molecule has 2 N–H and O–H groups in total. The molecule has 1 aliphatic rings. The van der Waals surface area contributed by atoms with Crippen molar-refractivity contribution < 1.29 is 14.3 Å². The summed E-state index contributed by atoms with van der Waals surface area (Å²) >= 11 is 0. The highest BCUT2D eigenvalue weighted by molar-refractivity contribution is 5.89. The van der Waals surface area contributed by atoms with Crippen molar-refractivity contribution in [3.63, 3.8) is 0 Å². The summed E-state index contributed by atoms with van der Waals surface area (Å²) in [5.41, 5.74) is 3.50. The van der Waals surface area contributed by atoms with Crippen LogP contribution in [0.2, 0.25) is 0 Å². The second-order valence-corrected chi connectivity index (χ2v) is 5.36. The normalized spacial score (nSPS) is 17.4. The molecule has 0 radical (unpaired) electrons. The molecule has 3 rings (SSSR count). The van der Waals surface area contributed by atoms with Crippen molar-refractivity contribution in [1.82, 2.24) is 10.3 Å². The summed E-state index contributed by atoms with van der Waals surface area (Å²) in [7, 11) is 0. The first-order valence-corrected chi connectivity index (χ1v) is 7.32. The summed E-state index contributed by atoms with van der Waals surface area (Å²) in [5.74, 6) is -0.256. The molecule has 1 aromatic heterocycles. The van der Waals surface area contributed by atoms with Crippen molar-refractivity contribution in [3.8, 4) is 11.1 Å². The molecule has 0 saturated carbocycles. The van der Waals surface area contributed by atoms with Gasteiger partial charge < -0.3 is 15.4 Å². The van der Waals surface area contributed by atoms with E-state index in [9.17, 15) is 9.59 Å². The highest BCUT2D eigenvalue weighted by Gasteiger charge is 2.23. The number of hydrogen-bond donors (Lipinski definition) is 2. The quantitative estimate of drug-likeness (QED) is 0.907. The Kier molecular flexibility index (Phi) is 4.34. The van der Waals surface area contributed by atoms with Crippen molar-refractivity contribution in [2.75, 3.05) is 18.5 Å². The third-order valence-corrected chi connectivity index (χ3v) is 3.57. The summed E-state index contributed by atoms with van der Waals surface area (Å²) in [6.45, 7) is 1.97. The van der Waals surface area contributed by atoms with Crippen molar-refractivity contribution in [1.29, 1.82) is 0 Å². The van der Waals surface area contributed by atoms with E-state index in [0.717, 1.165) is 22.4 Å². The van der Waals surface area contributed by atoms with E-state index in [1.165, 1.54) is 6.92 Å². The number of benzene rings is 1. The van der Waals surface area contributed by atoms with Crippen LogP contribution < -0.4 is 10.6 Å². The fraction of sp³-hybridized carbons (Fsp3) is 0.235. The van der Waals surface area contributed by atoms with E-state index in [4.69, 9.17) is 4.74 Å². The zero-order chi connectivity index (χ0) is 16.2. The molecule has 2 heterocycles. The Bertz CT molecular complexity index is 745. The number of aromatic nitrogens is 1. The van der Waals surface area contributed by atoms with Gasteiger partial charge in [0.05, 0.1) is 12.6 Å². The van der Waals surface area contributed by atoms with E-state index in [-0.39, 0.29) is 24.5 Å². The molecule has 0 aliphatic carbocycles. The third-order valence-electron chi connectivity index (χ3n) is 3.57. The predicted molar refractivity (Wildman–Crippen MR) is 85.7 cm³/mol. The van der Waals surface area contributed by atoms with Crippen molar-refractivity contribution in [2.24, 2.45) is 0 Å². The van der Waals surface area contributed by atoms with Crippen LogP contribution in [0.5, 0.6) is 0 Å². The first-order valence-electron chi connectivity index (χ1n) is 7.32. The predicted octanol–water partition coefficient (Wildman–Crippen LogP) is 1.89. The number of pyridine rings is 1. The lowest BCUT2D eigenvalue weighted by molar-refractivity contribution is -0.131. The molecular formula is C17H17N3O3. The van der Waals surface area contributed by atoms with Crippen LogP contribution in [0, 0.1) is 0 Å².